The Labute approximate surface area is 186 Å². The highest BCUT2D eigenvalue weighted by Gasteiger charge is 2.25. The topological polar surface area (TPSA) is 51.0 Å². The lowest BCUT2D eigenvalue weighted by molar-refractivity contribution is 0.0678. The SMILES string of the molecule is Cc1ccncc1-c1cc2ccn(CC3CCN(C(=O)c4ccccc4F)CC3)c2cn1. The normalized spacial score (nSPS) is 14.8. The summed E-state index contributed by atoms with van der Waals surface area (Å²) in [5.74, 6) is -0.197. The van der Waals surface area contributed by atoms with Crippen molar-refractivity contribution in [1.82, 2.24) is 19.4 Å². The van der Waals surface area contributed by atoms with Crippen LogP contribution in [0.15, 0.2) is 67.3 Å². The van der Waals surface area contributed by atoms with Gasteiger partial charge in [-0.25, -0.2) is 4.39 Å². The highest BCUT2D eigenvalue weighted by Crippen LogP contribution is 2.27. The number of amides is 1. The average Bonchev–Trinajstić information content (AvgIpc) is 3.22. The number of nitrogens with zero attached hydrogens (tertiary/aromatic N) is 4. The van der Waals surface area contributed by atoms with E-state index < -0.39 is 5.82 Å². The number of hydrogen-bond acceptors (Lipinski definition) is 3. The van der Waals surface area contributed by atoms with E-state index in [1.54, 1.807) is 29.3 Å². The molecule has 5 nitrogen and oxygen atoms in total. The van der Waals surface area contributed by atoms with E-state index >= 15 is 0 Å². The lowest BCUT2D eigenvalue weighted by Gasteiger charge is -2.32. The second-order valence-electron chi connectivity index (χ2n) is 8.50. The summed E-state index contributed by atoms with van der Waals surface area (Å²) in [6.07, 6.45) is 9.51. The Hall–Kier alpha value is -3.54. The Morgan fingerprint density at radius 2 is 1.94 bits per heavy atom. The molecule has 1 fully saturated rings. The Bertz CT molecular complexity index is 1270. The minimum Gasteiger partial charge on any atom is -0.346 e. The molecule has 0 saturated carbocycles. The van der Waals surface area contributed by atoms with Crippen molar-refractivity contribution in [2.45, 2.75) is 26.3 Å². The van der Waals surface area contributed by atoms with Gasteiger partial charge in [-0.05, 0) is 61.6 Å². The smallest absolute Gasteiger partial charge is 0.256 e. The van der Waals surface area contributed by atoms with Crippen molar-refractivity contribution >= 4 is 16.8 Å². The molecule has 0 unspecified atom stereocenters. The van der Waals surface area contributed by atoms with Crippen LogP contribution in [0.5, 0.6) is 0 Å². The largest absolute Gasteiger partial charge is 0.346 e. The van der Waals surface area contributed by atoms with Crippen molar-refractivity contribution in [2.24, 2.45) is 5.92 Å². The predicted octanol–water partition coefficient (Wildman–Crippen LogP) is 5.10. The van der Waals surface area contributed by atoms with Crippen LogP contribution in [0.4, 0.5) is 4.39 Å². The molecule has 0 aliphatic carbocycles. The zero-order chi connectivity index (χ0) is 22.1. The molecule has 0 spiro atoms. The zero-order valence-corrected chi connectivity index (χ0v) is 18.0. The molecule has 3 aromatic heterocycles. The van der Waals surface area contributed by atoms with Gasteiger partial charge in [0.2, 0.25) is 0 Å². The fourth-order valence-corrected chi connectivity index (χ4v) is 4.53. The number of piperidine rings is 1. The van der Waals surface area contributed by atoms with Crippen LogP contribution >= 0.6 is 0 Å². The first-order chi connectivity index (χ1) is 15.6. The standard InChI is InChI=1S/C26H25FN4O/c1-18-6-10-28-15-22(18)24-14-20-9-13-31(25(20)16-29-24)17-19-7-11-30(12-8-19)26(32)21-4-2-3-5-23(21)27/h2-6,9-10,13-16,19H,7-8,11-12,17H2,1H3. The summed E-state index contributed by atoms with van der Waals surface area (Å²) in [5.41, 5.74) is 4.41. The highest BCUT2D eigenvalue weighted by atomic mass is 19.1. The van der Waals surface area contributed by atoms with Gasteiger partial charge in [0.05, 0.1) is 23.0 Å². The lowest BCUT2D eigenvalue weighted by Crippen LogP contribution is -2.39. The van der Waals surface area contributed by atoms with Crippen LogP contribution < -0.4 is 0 Å². The van der Waals surface area contributed by atoms with Crippen LogP contribution in [-0.4, -0.2) is 38.4 Å². The number of benzene rings is 1. The molecule has 0 radical (unpaired) electrons. The predicted molar refractivity (Wildman–Crippen MR) is 123 cm³/mol. The molecular weight excluding hydrogens is 403 g/mol. The molecule has 4 heterocycles. The van der Waals surface area contributed by atoms with E-state index in [1.807, 2.05) is 18.5 Å². The molecule has 4 aromatic rings. The summed E-state index contributed by atoms with van der Waals surface area (Å²) in [7, 11) is 0. The van der Waals surface area contributed by atoms with Crippen molar-refractivity contribution in [3.8, 4) is 11.3 Å². The first-order valence-corrected chi connectivity index (χ1v) is 11.0. The number of carbonyl (C=O) groups is 1. The number of hydrogen-bond donors (Lipinski definition) is 0. The van der Waals surface area contributed by atoms with Crippen LogP contribution in [0.25, 0.3) is 22.2 Å². The number of aromatic nitrogens is 3. The Kier molecular flexibility index (Phi) is 5.43. The lowest BCUT2D eigenvalue weighted by atomic mass is 9.96. The third kappa shape index (κ3) is 3.88. The van der Waals surface area contributed by atoms with E-state index in [4.69, 9.17) is 4.98 Å². The van der Waals surface area contributed by atoms with Gasteiger partial charge in [0.25, 0.3) is 5.91 Å². The number of pyridine rings is 2. The molecule has 0 atom stereocenters. The Morgan fingerprint density at radius 1 is 1.12 bits per heavy atom. The van der Waals surface area contributed by atoms with Crippen LogP contribution in [0.1, 0.15) is 28.8 Å². The molecule has 1 amide bonds. The van der Waals surface area contributed by atoms with Crippen LogP contribution in [0.3, 0.4) is 0 Å². The van der Waals surface area contributed by atoms with E-state index in [1.165, 1.54) is 6.07 Å². The quantitative estimate of drug-likeness (QED) is 0.455. The molecule has 162 valence electrons. The van der Waals surface area contributed by atoms with Crippen molar-refractivity contribution < 1.29 is 9.18 Å². The molecular formula is C26H25FN4O. The number of likely N-dealkylation sites (tertiary alicyclic amines) is 1. The third-order valence-electron chi connectivity index (χ3n) is 6.43. The van der Waals surface area contributed by atoms with Gasteiger partial charge in [-0.15, -0.1) is 0 Å². The summed E-state index contributed by atoms with van der Waals surface area (Å²) in [6.45, 7) is 4.26. The molecule has 5 rings (SSSR count). The maximum Gasteiger partial charge on any atom is 0.256 e. The van der Waals surface area contributed by atoms with Crippen molar-refractivity contribution in [2.75, 3.05) is 13.1 Å². The number of rotatable bonds is 4. The number of halogens is 1. The number of carbonyl (C=O) groups excluding carboxylic acids is 1. The molecule has 1 aromatic carbocycles. The molecule has 1 saturated heterocycles. The average molecular weight is 429 g/mol. The minimum absolute atomic E-state index is 0.160. The van der Waals surface area contributed by atoms with Crippen molar-refractivity contribution in [3.63, 3.8) is 0 Å². The van der Waals surface area contributed by atoms with E-state index in [2.05, 4.69) is 34.8 Å². The van der Waals surface area contributed by atoms with Gasteiger partial charge in [-0.3, -0.25) is 14.8 Å². The summed E-state index contributed by atoms with van der Waals surface area (Å²) in [5, 5.41) is 1.16. The monoisotopic (exact) mass is 428 g/mol. The summed E-state index contributed by atoms with van der Waals surface area (Å²) in [6, 6.07) is 12.4. The molecule has 1 aliphatic rings. The molecule has 1 aliphatic heterocycles. The summed E-state index contributed by atoms with van der Waals surface area (Å²) < 4.78 is 16.2. The molecule has 0 bridgehead atoms. The second kappa shape index (κ2) is 8.54. The van der Waals surface area contributed by atoms with E-state index in [-0.39, 0.29) is 11.5 Å². The van der Waals surface area contributed by atoms with Crippen LogP contribution in [-0.2, 0) is 6.54 Å². The zero-order valence-electron chi connectivity index (χ0n) is 18.0. The van der Waals surface area contributed by atoms with Gasteiger partial charge in [-0.1, -0.05) is 12.1 Å². The first-order valence-electron chi connectivity index (χ1n) is 11.0. The number of aryl methyl sites for hydroxylation is 1. The fraction of sp³-hybridized carbons (Fsp3) is 0.269. The summed E-state index contributed by atoms with van der Waals surface area (Å²) >= 11 is 0. The molecule has 0 N–H and O–H groups in total. The molecule has 6 heteroatoms. The molecule has 32 heavy (non-hydrogen) atoms. The van der Waals surface area contributed by atoms with Gasteiger partial charge in [0, 0.05) is 49.2 Å². The van der Waals surface area contributed by atoms with Crippen LogP contribution in [0.2, 0.25) is 0 Å². The Balaban J connectivity index is 1.26. The van der Waals surface area contributed by atoms with Crippen molar-refractivity contribution in [3.05, 3.63) is 84.2 Å². The maximum atomic E-state index is 14.0. The van der Waals surface area contributed by atoms with E-state index in [0.717, 1.165) is 47.1 Å². The number of fused-ring (bicyclic) bond motifs is 1. The third-order valence-corrected chi connectivity index (χ3v) is 6.43. The fourth-order valence-electron chi connectivity index (χ4n) is 4.53. The van der Waals surface area contributed by atoms with Gasteiger partial charge < -0.3 is 9.47 Å². The van der Waals surface area contributed by atoms with Crippen molar-refractivity contribution in [1.29, 1.82) is 0 Å². The first kappa shape index (κ1) is 20.4. The van der Waals surface area contributed by atoms with Gasteiger partial charge in [0.1, 0.15) is 5.82 Å². The highest BCUT2D eigenvalue weighted by molar-refractivity contribution is 5.94. The van der Waals surface area contributed by atoms with Crippen LogP contribution in [0, 0.1) is 18.7 Å². The van der Waals surface area contributed by atoms with Gasteiger partial charge in [-0.2, -0.15) is 0 Å². The second-order valence-corrected chi connectivity index (χ2v) is 8.50. The van der Waals surface area contributed by atoms with E-state index in [0.29, 0.717) is 19.0 Å². The maximum absolute atomic E-state index is 14.0. The van der Waals surface area contributed by atoms with Gasteiger partial charge >= 0.3 is 0 Å². The summed E-state index contributed by atoms with van der Waals surface area (Å²) in [4.78, 5) is 23.4. The minimum atomic E-state index is -0.452. The van der Waals surface area contributed by atoms with E-state index in [9.17, 15) is 9.18 Å². The Morgan fingerprint density at radius 3 is 2.72 bits per heavy atom. The van der Waals surface area contributed by atoms with Gasteiger partial charge in [0.15, 0.2) is 0 Å².